The van der Waals surface area contributed by atoms with E-state index in [1.165, 1.54) is 12.1 Å². The highest BCUT2D eigenvalue weighted by molar-refractivity contribution is 9.10. The van der Waals surface area contributed by atoms with Crippen LogP contribution in [0.15, 0.2) is 22.7 Å². The van der Waals surface area contributed by atoms with Crippen molar-refractivity contribution >= 4 is 21.9 Å². The quantitative estimate of drug-likeness (QED) is 0.785. The summed E-state index contributed by atoms with van der Waals surface area (Å²) in [5, 5.41) is 18.7. The van der Waals surface area contributed by atoms with Crippen LogP contribution in [0.4, 0.5) is 0 Å². The second-order valence-electron chi connectivity index (χ2n) is 2.42. The molecular weight excluding hydrogens is 250 g/mol. The number of halogens is 1. The molecule has 0 amide bonds. The molecule has 0 aliphatic carbocycles. The van der Waals surface area contributed by atoms with Gasteiger partial charge in [0.1, 0.15) is 12.4 Å². The predicted octanol–water partition coefficient (Wildman–Crippen LogP) is 0.449. The van der Waals surface area contributed by atoms with Crippen LogP contribution in [-0.2, 0) is 4.79 Å². The summed E-state index contributed by atoms with van der Waals surface area (Å²) in [5.41, 5.74) is 0.470. The minimum Gasteiger partial charge on any atom is -0.546 e. The number of aliphatic carboxylic acids is 1. The Bertz CT molecular complexity index is 398. The minimum atomic E-state index is -1.29. The lowest BCUT2D eigenvalue weighted by Gasteiger charge is -2.08. The van der Waals surface area contributed by atoms with E-state index >= 15 is 0 Å². The minimum absolute atomic E-state index is 0.369. The third-order valence-electron chi connectivity index (χ3n) is 1.41. The molecule has 0 saturated heterocycles. The number of carbonyl (C=O) groups is 1. The molecule has 14 heavy (non-hydrogen) atoms. The average Bonchev–Trinajstić information content (AvgIpc) is 2.15. The number of ether oxygens (including phenoxy) is 1. The maximum absolute atomic E-state index is 10.1. The molecule has 0 spiro atoms. The SMILES string of the molecule is N#Cc1ccc(OCC(=O)[O-])c(Br)c1. The van der Waals surface area contributed by atoms with Crippen molar-refractivity contribution in [3.63, 3.8) is 0 Å². The number of nitrogens with zero attached hydrogens (tertiary/aromatic N) is 1. The Hall–Kier alpha value is -1.54. The van der Waals surface area contributed by atoms with Crippen LogP contribution < -0.4 is 9.84 Å². The second kappa shape index (κ2) is 4.63. The van der Waals surface area contributed by atoms with Crippen LogP contribution in [0, 0.1) is 11.3 Å². The number of carboxylic acid groups (broad SMARTS) is 1. The van der Waals surface area contributed by atoms with Crippen LogP contribution >= 0.6 is 15.9 Å². The van der Waals surface area contributed by atoms with E-state index in [9.17, 15) is 9.90 Å². The Kier molecular flexibility index (Phi) is 3.48. The summed E-state index contributed by atoms with van der Waals surface area (Å²) in [4.78, 5) is 10.1. The first-order valence-electron chi connectivity index (χ1n) is 3.66. The Balaban J connectivity index is 2.80. The molecule has 0 bridgehead atoms. The number of carbonyl (C=O) groups excluding carboxylic acids is 1. The van der Waals surface area contributed by atoms with Crippen LogP contribution in [0.25, 0.3) is 0 Å². The maximum atomic E-state index is 10.1. The van der Waals surface area contributed by atoms with Gasteiger partial charge in [-0.3, -0.25) is 0 Å². The summed E-state index contributed by atoms with van der Waals surface area (Å²) in [6.07, 6.45) is 0. The highest BCUT2D eigenvalue weighted by Crippen LogP contribution is 2.25. The maximum Gasteiger partial charge on any atom is 0.134 e. The highest BCUT2D eigenvalue weighted by atomic mass is 79.9. The van der Waals surface area contributed by atoms with Crippen molar-refractivity contribution in [2.75, 3.05) is 6.61 Å². The zero-order valence-corrected chi connectivity index (χ0v) is 8.58. The fraction of sp³-hybridized carbons (Fsp3) is 0.111. The molecule has 0 heterocycles. The molecule has 1 aromatic rings. The van der Waals surface area contributed by atoms with Gasteiger partial charge < -0.3 is 14.6 Å². The fourth-order valence-electron chi connectivity index (χ4n) is 0.824. The average molecular weight is 255 g/mol. The van der Waals surface area contributed by atoms with Crippen LogP contribution in [0.1, 0.15) is 5.56 Å². The third-order valence-corrected chi connectivity index (χ3v) is 2.03. The summed E-state index contributed by atoms with van der Waals surface area (Å²) in [7, 11) is 0. The zero-order valence-electron chi connectivity index (χ0n) is 6.99. The van der Waals surface area contributed by atoms with Crippen LogP contribution in [0.3, 0.4) is 0 Å². The van der Waals surface area contributed by atoms with Crippen molar-refractivity contribution in [3.8, 4) is 11.8 Å². The lowest BCUT2D eigenvalue weighted by atomic mass is 10.2. The van der Waals surface area contributed by atoms with Gasteiger partial charge >= 0.3 is 0 Å². The van der Waals surface area contributed by atoms with E-state index in [4.69, 9.17) is 10.00 Å². The summed E-state index contributed by atoms with van der Waals surface area (Å²) >= 11 is 3.15. The summed E-state index contributed by atoms with van der Waals surface area (Å²) in [5.74, 6) is -0.922. The van der Waals surface area contributed by atoms with Crippen molar-refractivity contribution < 1.29 is 14.6 Å². The Morgan fingerprint density at radius 3 is 2.86 bits per heavy atom. The van der Waals surface area contributed by atoms with Gasteiger partial charge in [0.25, 0.3) is 0 Å². The van der Waals surface area contributed by atoms with Crippen molar-refractivity contribution in [1.29, 1.82) is 5.26 Å². The molecule has 0 N–H and O–H groups in total. The lowest BCUT2D eigenvalue weighted by Crippen LogP contribution is -2.29. The second-order valence-corrected chi connectivity index (χ2v) is 3.27. The van der Waals surface area contributed by atoms with Gasteiger partial charge in [-0.1, -0.05) is 0 Å². The van der Waals surface area contributed by atoms with E-state index in [0.717, 1.165) is 0 Å². The molecule has 0 saturated carbocycles. The van der Waals surface area contributed by atoms with Gasteiger partial charge in [-0.05, 0) is 34.1 Å². The number of carboxylic acids is 1. The summed E-state index contributed by atoms with van der Waals surface area (Å²) < 4.78 is 5.42. The molecule has 0 fully saturated rings. The number of nitriles is 1. The first kappa shape index (κ1) is 10.5. The van der Waals surface area contributed by atoms with E-state index in [0.29, 0.717) is 15.8 Å². The molecule has 0 aliphatic heterocycles. The molecule has 4 nitrogen and oxygen atoms in total. The molecule has 1 rings (SSSR count). The highest BCUT2D eigenvalue weighted by Gasteiger charge is 2.01. The molecule has 0 aliphatic rings. The van der Waals surface area contributed by atoms with Crippen LogP contribution in [-0.4, -0.2) is 12.6 Å². The predicted molar refractivity (Wildman–Crippen MR) is 49.4 cm³/mol. The molecule has 1 aromatic carbocycles. The number of benzene rings is 1. The molecule has 0 aromatic heterocycles. The normalized spacial score (nSPS) is 9.14. The molecule has 0 radical (unpaired) electrons. The van der Waals surface area contributed by atoms with Gasteiger partial charge in [-0.25, -0.2) is 0 Å². The van der Waals surface area contributed by atoms with E-state index in [1.54, 1.807) is 6.07 Å². The van der Waals surface area contributed by atoms with E-state index in [1.807, 2.05) is 6.07 Å². The largest absolute Gasteiger partial charge is 0.546 e. The molecular formula is C9H5BrNO3-. The van der Waals surface area contributed by atoms with E-state index < -0.39 is 12.6 Å². The van der Waals surface area contributed by atoms with Crippen LogP contribution in [0.5, 0.6) is 5.75 Å². The van der Waals surface area contributed by atoms with E-state index in [2.05, 4.69) is 15.9 Å². The van der Waals surface area contributed by atoms with Crippen molar-refractivity contribution in [2.45, 2.75) is 0 Å². The van der Waals surface area contributed by atoms with Crippen molar-refractivity contribution in [1.82, 2.24) is 0 Å². The molecule has 0 atom stereocenters. The third kappa shape index (κ3) is 2.75. The van der Waals surface area contributed by atoms with Gasteiger partial charge in [0.05, 0.1) is 22.1 Å². The number of hydrogen-bond donors (Lipinski definition) is 0. The fourth-order valence-corrected chi connectivity index (χ4v) is 1.32. The first-order chi connectivity index (χ1) is 6.63. The molecule has 0 unspecified atom stereocenters. The monoisotopic (exact) mass is 254 g/mol. The van der Waals surface area contributed by atoms with Crippen LogP contribution in [0.2, 0.25) is 0 Å². The van der Waals surface area contributed by atoms with Crippen molar-refractivity contribution in [2.24, 2.45) is 0 Å². The lowest BCUT2D eigenvalue weighted by molar-refractivity contribution is -0.307. The summed E-state index contributed by atoms with van der Waals surface area (Å²) in [6.45, 7) is -0.509. The first-order valence-corrected chi connectivity index (χ1v) is 4.45. The van der Waals surface area contributed by atoms with Crippen molar-refractivity contribution in [3.05, 3.63) is 28.2 Å². The number of rotatable bonds is 3. The Morgan fingerprint density at radius 1 is 1.64 bits per heavy atom. The Morgan fingerprint density at radius 2 is 2.36 bits per heavy atom. The topological polar surface area (TPSA) is 73.1 Å². The standard InChI is InChI=1S/C9H6BrNO3/c10-7-3-6(4-11)1-2-8(7)14-5-9(12)13/h1-3H,5H2,(H,12,13)/p-1. The van der Waals surface area contributed by atoms with Gasteiger partial charge in [0.2, 0.25) is 0 Å². The van der Waals surface area contributed by atoms with Gasteiger partial charge in [-0.15, -0.1) is 0 Å². The van der Waals surface area contributed by atoms with Gasteiger partial charge in [-0.2, -0.15) is 5.26 Å². The van der Waals surface area contributed by atoms with E-state index in [-0.39, 0.29) is 0 Å². The Labute approximate surface area is 88.9 Å². The smallest absolute Gasteiger partial charge is 0.134 e. The number of hydrogen-bond acceptors (Lipinski definition) is 4. The zero-order chi connectivity index (χ0) is 10.6. The molecule has 5 heteroatoms. The van der Waals surface area contributed by atoms with Gasteiger partial charge in [0, 0.05) is 0 Å². The summed E-state index contributed by atoms with van der Waals surface area (Å²) in [6, 6.07) is 6.55. The van der Waals surface area contributed by atoms with Gasteiger partial charge in [0.15, 0.2) is 0 Å². The molecule has 72 valence electrons.